The number of nitrogens with one attached hydrogen (secondary N) is 2. The van der Waals surface area contributed by atoms with Gasteiger partial charge in [0.2, 0.25) is 11.8 Å². The molecule has 2 heterocycles. The second-order valence-corrected chi connectivity index (χ2v) is 4.59. The van der Waals surface area contributed by atoms with Crippen molar-refractivity contribution in [3.63, 3.8) is 0 Å². The summed E-state index contributed by atoms with van der Waals surface area (Å²) in [5.74, 6) is 0.185. The Balaban J connectivity index is 2.12. The zero-order valence-corrected chi connectivity index (χ0v) is 13.2. The van der Waals surface area contributed by atoms with Gasteiger partial charge in [0.25, 0.3) is 0 Å². The maximum Gasteiger partial charge on any atom is 0.328 e. The number of hydrogen-bond acceptors (Lipinski definition) is 6. The van der Waals surface area contributed by atoms with Gasteiger partial charge in [-0.25, -0.2) is 14.0 Å². The maximum absolute atomic E-state index is 12.0. The molecule has 0 aliphatic carbocycles. The Morgan fingerprint density at radius 3 is 2.74 bits per heavy atom. The Hall–Kier alpha value is -2.84. The van der Waals surface area contributed by atoms with Gasteiger partial charge in [0.05, 0.1) is 13.2 Å². The van der Waals surface area contributed by atoms with E-state index in [0.717, 1.165) is 0 Å². The lowest BCUT2D eigenvalue weighted by Gasteiger charge is -2.13. The third-order valence-electron chi connectivity index (χ3n) is 2.90. The fraction of sp³-hybridized carbons (Fsp3) is 0.429. The highest BCUT2D eigenvalue weighted by atomic mass is 16.5. The number of nitrogens with zero attached hydrogens (tertiary/aromatic N) is 3. The predicted molar refractivity (Wildman–Crippen MR) is 82.4 cm³/mol. The first kappa shape index (κ1) is 16.5. The molecule has 0 bridgehead atoms. The van der Waals surface area contributed by atoms with Crippen molar-refractivity contribution in [2.75, 3.05) is 18.5 Å². The second-order valence-electron chi connectivity index (χ2n) is 4.59. The lowest BCUT2D eigenvalue weighted by molar-refractivity contribution is -0.144. The zero-order valence-electron chi connectivity index (χ0n) is 13.2. The Kier molecular flexibility index (Phi) is 5.34. The molecule has 9 nitrogen and oxygen atoms in total. The summed E-state index contributed by atoms with van der Waals surface area (Å²) in [5, 5.41) is 12.9. The molecule has 0 saturated heterocycles. The van der Waals surface area contributed by atoms with Crippen LogP contribution >= 0.6 is 0 Å². The molecule has 2 aromatic rings. The molecule has 2 N–H and O–H groups in total. The minimum absolute atomic E-state index is 0.192. The summed E-state index contributed by atoms with van der Waals surface area (Å²) in [6, 6.07) is 3.89. The third-order valence-corrected chi connectivity index (χ3v) is 2.90. The first-order valence-electron chi connectivity index (χ1n) is 7.27. The number of carbonyl (C=O) groups is 2. The summed E-state index contributed by atoms with van der Waals surface area (Å²) in [6.45, 7) is 5.79. The smallest absolute Gasteiger partial charge is 0.328 e. The highest BCUT2D eigenvalue weighted by Gasteiger charge is 2.18. The van der Waals surface area contributed by atoms with Crippen molar-refractivity contribution in [2.45, 2.75) is 26.8 Å². The van der Waals surface area contributed by atoms with Crippen molar-refractivity contribution in [1.29, 1.82) is 0 Å². The lowest BCUT2D eigenvalue weighted by Crippen LogP contribution is -2.42. The number of amides is 2. The van der Waals surface area contributed by atoms with E-state index in [9.17, 15) is 9.59 Å². The highest BCUT2D eigenvalue weighted by Crippen LogP contribution is 2.18. The van der Waals surface area contributed by atoms with Crippen molar-refractivity contribution in [3.8, 4) is 5.88 Å². The summed E-state index contributed by atoms with van der Waals surface area (Å²) in [5.41, 5.74) is 0.532. The van der Waals surface area contributed by atoms with Crippen LogP contribution in [0.3, 0.4) is 0 Å². The van der Waals surface area contributed by atoms with E-state index in [2.05, 4.69) is 20.8 Å². The number of esters is 1. The monoisotopic (exact) mass is 321 g/mol. The summed E-state index contributed by atoms with van der Waals surface area (Å²) in [4.78, 5) is 23.5. The molecule has 2 aromatic heterocycles. The molecule has 9 heteroatoms. The standard InChI is InChI=1S/C14H19N5O4/c1-4-22-11-8-6-7-10-17-18-13(19(10)11)16-14(21)15-9(3)12(20)23-5-2/h6-9H,4-5H2,1-3H3,(H2,15,16,18,21). The van der Waals surface area contributed by atoms with Gasteiger partial charge in [-0.2, -0.15) is 0 Å². The normalized spacial score (nSPS) is 11.8. The van der Waals surface area contributed by atoms with Crippen LogP contribution in [0, 0.1) is 0 Å². The molecule has 23 heavy (non-hydrogen) atoms. The van der Waals surface area contributed by atoms with Crippen molar-refractivity contribution in [2.24, 2.45) is 0 Å². The average Bonchev–Trinajstić information content (AvgIpc) is 2.91. The largest absolute Gasteiger partial charge is 0.479 e. The molecule has 0 aliphatic heterocycles. The minimum atomic E-state index is -0.777. The summed E-state index contributed by atoms with van der Waals surface area (Å²) in [6.07, 6.45) is 0. The van der Waals surface area contributed by atoms with Crippen molar-refractivity contribution >= 4 is 23.6 Å². The van der Waals surface area contributed by atoms with Crippen molar-refractivity contribution in [1.82, 2.24) is 19.9 Å². The average molecular weight is 321 g/mol. The van der Waals surface area contributed by atoms with Crippen LogP contribution in [0.4, 0.5) is 10.7 Å². The Labute approximate surface area is 133 Å². The number of anilines is 1. The van der Waals surface area contributed by atoms with Crippen molar-refractivity contribution < 1.29 is 19.1 Å². The fourth-order valence-corrected chi connectivity index (χ4v) is 1.91. The van der Waals surface area contributed by atoms with E-state index in [4.69, 9.17) is 9.47 Å². The van der Waals surface area contributed by atoms with E-state index in [0.29, 0.717) is 18.1 Å². The molecule has 1 atom stereocenters. The van der Waals surface area contributed by atoms with Crippen LogP contribution in [0.25, 0.3) is 5.65 Å². The molecule has 0 saturated carbocycles. The van der Waals surface area contributed by atoms with Gasteiger partial charge in [-0.3, -0.25) is 5.32 Å². The summed E-state index contributed by atoms with van der Waals surface area (Å²) < 4.78 is 11.9. The fourth-order valence-electron chi connectivity index (χ4n) is 1.91. The van der Waals surface area contributed by atoms with E-state index < -0.39 is 18.0 Å². The van der Waals surface area contributed by atoms with Crippen LogP contribution in [0.2, 0.25) is 0 Å². The van der Waals surface area contributed by atoms with Crippen LogP contribution in [0.15, 0.2) is 18.2 Å². The van der Waals surface area contributed by atoms with Gasteiger partial charge in [-0.05, 0) is 32.9 Å². The van der Waals surface area contributed by atoms with Gasteiger partial charge < -0.3 is 14.8 Å². The van der Waals surface area contributed by atoms with Gasteiger partial charge in [-0.1, -0.05) is 6.07 Å². The Morgan fingerprint density at radius 2 is 2.04 bits per heavy atom. The number of pyridine rings is 1. The molecular formula is C14H19N5O4. The minimum Gasteiger partial charge on any atom is -0.479 e. The number of ether oxygens (including phenoxy) is 2. The number of urea groups is 1. The Morgan fingerprint density at radius 1 is 1.26 bits per heavy atom. The third kappa shape index (κ3) is 3.87. The molecule has 0 aliphatic rings. The second kappa shape index (κ2) is 7.43. The SMILES string of the molecule is CCOC(=O)C(C)NC(=O)Nc1nnc2cccc(OCC)n12. The molecule has 124 valence electrons. The van der Waals surface area contributed by atoms with Crippen LogP contribution in [0.1, 0.15) is 20.8 Å². The molecule has 0 fully saturated rings. The quantitative estimate of drug-likeness (QED) is 0.774. The molecule has 0 radical (unpaired) electrons. The lowest BCUT2D eigenvalue weighted by atomic mass is 10.3. The highest BCUT2D eigenvalue weighted by molar-refractivity contribution is 5.91. The maximum atomic E-state index is 12.0. The van der Waals surface area contributed by atoms with Crippen LogP contribution in [-0.4, -0.2) is 45.9 Å². The number of fused-ring (bicyclic) bond motifs is 1. The van der Waals surface area contributed by atoms with E-state index in [-0.39, 0.29) is 12.6 Å². The van der Waals surface area contributed by atoms with Crippen LogP contribution in [0.5, 0.6) is 5.88 Å². The zero-order chi connectivity index (χ0) is 16.8. The Bertz CT molecular complexity index is 700. The van der Waals surface area contributed by atoms with Crippen LogP contribution < -0.4 is 15.4 Å². The number of rotatable bonds is 6. The molecule has 2 amide bonds. The predicted octanol–water partition coefficient (Wildman–Crippen LogP) is 1.20. The van der Waals surface area contributed by atoms with Gasteiger partial charge >= 0.3 is 12.0 Å². The molecule has 0 spiro atoms. The van der Waals surface area contributed by atoms with Gasteiger partial charge in [0.15, 0.2) is 5.65 Å². The van der Waals surface area contributed by atoms with E-state index in [1.165, 1.54) is 6.92 Å². The number of carbonyl (C=O) groups excluding carboxylic acids is 2. The molecular weight excluding hydrogens is 302 g/mol. The molecule has 0 aromatic carbocycles. The first-order valence-corrected chi connectivity index (χ1v) is 7.27. The van der Waals surface area contributed by atoms with Gasteiger partial charge in [-0.15, -0.1) is 10.2 Å². The summed E-state index contributed by atoms with van der Waals surface area (Å²) in [7, 11) is 0. The van der Waals surface area contributed by atoms with Crippen molar-refractivity contribution in [3.05, 3.63) is 18.2 Å². The number of hydrogen-bond donors (Lipinski definition) is 2. The van der Waals surface area contributed by atoms with E-state index >= 15 is 0 Å². The number of aromatic nitrogens is 3. The summed E-state index contributed by atoms with van der Waals surface area (Å²) >= 11 is 0. The topological polar surface area (TPSA) is 107 Å². The van der Waals surface area contributed by atoms with E-state index in [1.807, 2.05) is 6.92 Å². The van der Waals surface area contributed by atoms with Crippen LogP contribution in [-0.2, 0) is 9.53 Å². The first-order chi connectivity index (χ1) is 11.1. The van der Waals surface area contributed by atoms with Gasteiger partial charge in [0.1, 0.15) is 6.04 Å². The molecule has 2 rings (SSSR count). The van der Waals surface area contributed by atoms with Gasteiger partial charge in [0, 0.05) is 0 Å². The molecule has 1 unspecified atom stereocenters. The van der Waals surface area contributed by atoms with E-state index in [1.54, 1.807) is 29.5 Å².